The van der Waals surface area contributed by atoms with Crippen molar-refractivity contribution in [2.24, 2.45) is 7.05 Å². The van der Waals surface area contributed by atoms with E-state index in [0.29, 0.717) is 16.9 Å². The maximum Gasteiger partial charge on any atom is 0.332 e. The molecule has 0 radical (unpaired) electrons. The van der Waals surface area contributed by atoms with Crippen LogP contribution in [0.5, 0.6) is 0 Å². The van der Waals surface area contributed by atoms with Crippen molar-refractivity contribution in [3.8, 4) is 0 Å². The van der Waals surface area contributed by atoms with Crippen molar-refractivity contribution in [1.29, 1.82) is 0 Å². The standard InChI is InChI=1S/C20H17N5O2/c1-12-10-24-16-17(22-19(24)21-12)23(2)20(27)25(18(16)26)11-14-8-5-7-13-6-3-4-9-15(13)14/h3-10H,11H2,1-2H3,(H,21,22). The molecule has 0 aliphatic carbocycles. The number of imidazole rings is 2. The summed E-state index contributed by atoms with van der Waals surface area (Å²) in [5.74, 6) is 0.553. The minimum absolute atomic E-state index is 0.208. The minimum Gasteiger partial charge on any atom is -0.328 e. The van der Waals surface area contributed by atoms with Gasteiger partial charge >= 0.3 is 5.69 Å². The average molecular weight is 359 g/mol. The Morgan fingerprint density at radius 1 is 1.07 bits per heavy atom. The van der Waals surface area contributed by atoms with E-state index < -0.39 is 0 Å². The summed E-state index contributed by atoms with van der Waals surface area (Å²) in [4.78, 5) is 33.6. The molecule has 134 valence electrons. The van der Waals surface area contributed by atoms with Crippen LogP contribution < -0.4 is 11.2 Å². The third kappa shape index (κ3) is 2.18. The van der Waals surface area contributed by atoms with Crippen LogP contribution in [0.2, 0.25) is 0 Å². The second kappa shape index (κ2) is 5.44. The molecular weight excluding hydrogens is 342 g/mol. The summed E-state index contributed by atoms with van der Waals surface area (Å²) in [5, 5.41) is 2.11. The zero-order chi connectivity index (χ0) is 18.7. The first-order valence-corrected chi connectivity index (χ1v) is 8.68. The molecule has 0 aliphatic rings. The quantitative estimate of drug-likeness (QED) is 0.525. The third-order valence-electron chi connectivity index (χ3n) is 5.02. The minimum atomic E-state index is -0.377. The lowest BCUT2D eigenvalue weighted by Gasteiger charge is -2.10. The zero-order valence-electron chi connectivity index (χ0n) is 14.9. The molecule has 0 fully saturated rings. The lowest BCUT2D eigenvalue weighted by Crippen LogP contribution is -2.39. The van der Waals surface area contributed by atoms with Crippen molar-refractivity contribution >= 4 is 27.7 Å². The van der Waals surface area contributed by atoms with Crippen molar-refractivity contribution < 1.29 is 0 Å². The number of aryl methyl sites for hydroxylation is 2. The molecule has 0 saturated heterocycles. The molecule has 7 nitrogen and oxygen atoms in total. The van der Waals surface area contributed by atoms with Crippen LogP contribution in [-0.2, 0) is 13.6 Å². The number of aromatic nitrogens is 5. The van der Waals surface area contributed by atoms with E-state index in [9.17, 15) is 9.59 Å². The number of H-pyrrole nitrogens is 1. The summed E-state index contributed by atoms with van der Waals surface area (Å²) in [6.07, 6.45) is 1.82. The number of benzene rings is 2. The molecule has 5 aromatic rings. The lowest BCUT2D eigenvalue weighted by molar-refractivity contribution is 0.659. The maximum absolute atomic E-state index is 13.2. The molecule has 0 spiro atoms. The molecule has 2 aromatic carbocycles. The van der Waals surface area contributed by atoms with Gasteiger partial charge in [0.1, 0.15) is 0 Å². The summed E-state index contributed by atoms with van der Waals surface area (Å²) < 4.78 is 4.42. The number of hydrogen-bond donors (Lipinski definition) is 1. The van der Waals surface area contributed by atoms with Gasteiger partial charge in [0.2, 0.25) is 5.78 Å². The summed E-state index contributed by atoms with van der Waals surface area (Å²) in [5.41, 5.74) is 1.89. The summed E-state index contributed by atoms with van der Waals surface area (Å²) in [7, 11) is 1.64. The maximum atomic E-state index is 13.2. The van der Waals surface area contributed by atoms with E-state index >= 15 is 0 Å². The molecule has 0 aliphatic heterocycles. The van der Waals surface area contributed by atoms with Gasteiger partial charge in [0, 0.05) is 18.9 Å². The fraction of sp³-hybridized carbons (Fsp3) is 0.150. The van der Waals surface area contributed by atoms with Crippen molar-refractivity contribution in [2.45, 2.75) is 13.5 Å². The van der Waals surface area contributed by atoms with E-state index in [1.807, 2.05) is 55.6 Å². The first kappa shape index (κ1) is 15.6. The molecule has 27 heavy (non-hydrogen) atoms. The number of rotatable bonds is 2. The van der Waals surface area contributed by atoms with Gasteiger partial charge in [-0.05, 0) is 23.3 Å². The summed E-state index contributed by atoms with van der Waals surface area (Å²) in [6, 6.07) is 13.9. The van der Waals surface area contributed by atoms with Gasteiger partial charge in [0.05, 0.1) is 6.54 Å². The van der Waals surface area contributed by atoms with Gasteiger partial charge in [-0.25, -0.2) is 4.79 Å². The molecule has 5 rings (SSSR count). The first-order chi connectivity index (χ1) is 13.0. The number of nitrogens with zero attached hydrogens (tertiary/aromatic N) is 4. The fourth-order valence-corrected chi connectivity index (χ4v) is 3.70. The Morgan fingerprint density at radius 2 is 1.85 bits per heavy atom. The SMILES string of the molecule is Cc1cn2c(nc3c2c(=O)n(Cc2cccc4ccccc24)c(=O)n3C)[nH]1. The van der Waals surface area contributed by atoms with Crippen LogP contribution in [-0.4, -0.2) is 23.5 Å². The molecule has 1 N–H and O–H groups in total. The monoisotopic (exact) mass is 359 g/mol. The Balaban J connectivity index is 1.81. The zero-order valence-corrected chi connectivity index (χ0v) is 14.9. The van der Waals surface area contributed by atoms with Crippen LogP contribution in [0.15, 0.2) is 58.3 Å². The second-order valence-corrected chi connectivity index (χ2v) is 6.79. The number of fused-ring (bicyclic) bond motifs is 4. The Kier molecular flexibility index (Phi) is 3.15. The van der Waals surface area contributed by atoms with Crippen molar-refractivity contribution in [3.63, 3.8) is 0 Å². The van der Waals surface area contributed by atoms with E-state index in [4.69, 9.17) is 0 Å². The predicted octanol–water partition coefficient (Wildman–Crippen LogP) is 2.19. The lowest BCUT2D eigenvalue weighted by atomic mass is 10.0. The molecule has 0 bridgehead atoms. The number of aromatic amines is 1. The van der Waals surface area contributed by atoms with Gasteiger partial charge in [-0.1, -0.05) is 42.5 Å². The van der Waals surface area contributed by atoms with E-state index in [1.165, 1.54) is 9.13 Å². The van der Waals surface area contributed by atoms with Crippen molar-refractivity contribution in [1.82, 2.24) is 23.5 Å². The number of nitrogens with one attached hydrogen (secondary N) is 1. The van der Waals surface area contributed by atoms with Crippen molar-refractivity contribution in [2.75, 3.05) is 0 Å². The highest BCUT2D eigenvalue weighted by Gasteiger charge is 2.18. The Labute approximate surface area is 153 Å². The Morgan fingerprint density at radius 3 is 2.70 bits per heavy atom. The third-order valence-corrected chi connectivity index (χ3v) is 5.02. The van der Waals surface area contributed by atoms with Gasteiger partial charge in [0.25, 0.3) is 5.56 Å². The topological polar surface area (TPSA) is 77.1 Å². The highest BCUT2D eigenvalue weighted by atomic mass is 16.2. The molecule has 3 aromatic heterocycles. The molecule has 0 atom stereocenters. The van der Waals surface area contributed by atoms with Crippen LogP contribution in [0.1, 0.15) is 11.3 Å². The molecule has 0 saturated carbocycles. The molecule has 3 heterocycles. The Hall–Kier alpha value is -3.61. The van der Waals surface area contributed by atoms with Gasteiger partial charge < -0.3 is 4.98 Å². The molecule has 0 unspecified atom stereocenters. The van der Waals surface area contributed by atoms with Crippen LogP contribution in [0.4, 0.5) is 0 Å². The van der Waals surface area contributed by atoms with Gasteiger partial charge in [-0.2, -0.15) is 4.98 Å². The Bertz CT molecular complexity index is 1460. The van der Waals surface area contributed by atoms with E-state index in [2.05, 4.69) is 9.97 Å². The molecular formula is C20H17N5O2. The smallest absolute Gasteiger partial charge is 0.328 e. The average Bonchev–Trinajstić information content (AvgIpc) is 3.19. The normalized spacial score (nSPS) is 11.8. The molecule has 7 heteroatoms. The van der Waals surface area contributed by atoms with Crippen LogP contribution in [0.25, 0.3) is 27.7 Å². The predicted molar refractivity (Wildman–Crippen MR) is 104 cm³/mol. The number of hydrogen-bond acceptors (Lipinski definition) is 3. The first-order valence-electron chi connectivity index (χ1n) is 8.68. The largest absolute Gasteiger partial charge is 0.332 e. The summed E-state index contributed by atoms with van der Waals surface area (Å²) >= 11 is 0. The van der Waals surface area contributed by atoms with Crippen molar-refractivity contribution in [3.05, 3.63) is 80.8 Å². The van der Waals surface area contributed by atoms with E-state index in [-0.39, 0.29) is 17.8 Å². The molecule has 0 amide bonds. The highest BCUT2D eigenvalue weighted by Crippen LogP contribution is 2.19. The van der Waals surface area contributed by atoms with E-state index in [0.717, 1.165) is 22.0 Å². The second-order valence-electron chi connectivity index (χ2n) is 6.79. The van der Waals surface area contributed by atoms with Crippen LogP contribution in [0.3, 0.4) is 0 Å². The van der Waals surface area contributed by atoms with E-state index in [1.54, 1.807) is 11.4 Å². The van der Waals surface area contributed by atoms with Gasteiger partial charge in [-0.3, -0.25) is 18.3 Å². The van der Waals surface area contributed by atoms with Crippen LogP contribution in [0, 0.1) is 6.92 Å². The summed E-state index contributed by atoms with van der Waals surface area (Å²) in [6.45, 7) is 2.11. The van der Waals surface area contributed by atoms with Gasteiger partial charge in [0.15, 0.2) is 11.2 Å². The van der Waals surface area contributed by atoms with Gasteiger partial charge in [-0.15, -0.1) is 0 Å². The highest BCUT2D eigenvalue weighted by molar-refractivity contribution is 5.85. The fourth-order valence-electron chi connectivity index (χ4n) is 3.70. The van der Waals surface area contributed by atoms with Crippen LogP contribution >= 0.6 is 0 Å².